The molecular weight excluding hydrogens is 453 g/mol. The summed E-state index contributed by atoms with van der Waals surface area (Å²) in [6.45, 7) is 0. The van der Waals surface area contributed by atoms with Gasteiger partial charge in [-0.3, -0.25) is 19.4 Å². The third kappa shape index (κ3) is 4.81. The number of thioether (sulfide) groups is 2. The van der Waals surface area contributed by atoms with Gasteiger partial charge in [0.1, 0.15) is 8.64 Å². The van der Waals surface area contributed by atoms with Crippen molar-refractivity contribution in [2.24, 2.45) is 0 Å². The van der Waals surface area contributed by atoms with Gasteiger partial charge < -0.3 is 0 Å². The van der Waals surface area contributed by atoms with Gasteiger partial charge in [-0.2, -0.15) is 0 Å². The molecule has 0 unspecified atom stereocenters. The fourth-order valence-corrected chi connectivity index (χ4v) is 8.00. The molecule has 0 aromatic heterocycles. The van der Waals surface area contributed by atoms with Crippen LogP contribution in [0.3, 0.4) is 0 Å². The minimum absolute atomic E-state index is 0.0752. The number of nitrogens with zero attached hydrogens (tertiary/aromatic N) is 2. The summed E-state index contributed by atoms with van der Waals surface area (Å²) in [5.74, 6) is -0.150. The summed E-state index contributed by atoms with van der Waals surface area (Å²) in [5, 5.41) is 0. The van der Waals surface area contributed by atoms with Crippen molar-refractivity contribution in [1.82, 2.24) is 9.80 Å². The maximum absolute atomic E-state index is 13.4. The van der Waals surface area contributed by atoms with Gasteiger partial charge >= 0.3 is 0 Å². The standard InChI is InChI=1S/C22H30N2O2S4/c25-19-17(29-21(27)23(19)15-11-7-3-1-4-8-12-15)18-20(26)24(22(28)30-18)16-13-9-5-2-6-10-14-16/h15-16H,1-14H2/b18-17+. The van der Waals surface area contributed by atoms with Crippen LogP contribution in [0.4, 0.5) is 0 Å². The molecule has 164 valence electrons. The van der Waals surface area contributed by atoms with Crippen LogP contribution in [-0.2, 0) is 9.59 Å². The Hall–Kier alpha value is -0.440. The average molecular weight is 483 g/mol. The van der Waals surface area contributed by atoms with Crippen LogP contribution in [0.5, 0.6) is 0 Å². The SMILES string of the molecule is O=C1/C(=C2\SC(=S)N(C3CCCCCCC3)C2=O)SC(=S)N1C1CCCCCCC1. The quantitative estimate of drug-likeness (QED) is 0.348. The van der Waals surface area contributed by atoms with Crippen LogP contribution in [-0.4, -0.2) is 42.3 Å². The van der Waals surface area contributed by atoms with Crippen LogP contribution in [0.1, 0.15) is 89.9 Å². The molecule has 0 N–H and O–H groups in total. The summed E-state index contributed by atoms with van der Waals surface area (Å²) in [5.41, 5.74) is 0. The molecule has 2 amide bonds. The molecule has 4 aliphatic rings. The molecule has 2 saturated carbocycles. The highest BCUT2D eigenvalue weighted by atomic mass is 32.2. The lowest BCUT2D eigenvalue weighted by Crippen LogP contribution is -2.40. The number of amides is 2. The van der Waals surface area contributed by atoms with Crippen molar-refractivity contribution < 1.29 is 9.59 Å². The predicted molar refractivity (Wildman–Crippen MR) is 133 cm³/mol. The van der Waals surface area contributed by atoms with Gasteiger partial charge in [0, 0.05) is 12.1 Å². The Bertz CT molecular complexity index is 688. The van der Waals surface area contributed by atoms with Gasteiger partial charge in [0.15, 0.2) is 0 Å². The van der Waals surface area contributed by atoms with Crippen LogP contribution >= 0.6 is 48.0 Å². The first-order valence-corrected chi connectivity index (χ1v) is 13.9. The van der Waals surface area contributed by atoms with Crippen LogP contribution in [0.2, 0.25) is 0 Å². The number of rotatable bonds is 2. The first-order chi connectivity index (χ1) is 14.6. The fourth-order valence-electron chi connectivity index (χ4n) is 5.05. The second kappa shape index (κ2) is 10.5. The molecule has 8 heteroatoms. The molecule has 2 aliphatic carbocycles. The molecule has 0 aromatic rings. The van der Waals surface area contributed by atoms with Gasteiger partial charge in [0.05, 0.1) is 9.81 Å². The van der Waals surface area contributed by atoms with Crippen molar-refractivity contribution in [3.63, 3.8) is 0 Å². The smallest absolute Gasteiger partial charge is 0.267 e. The highest BCUT2D eigenvalue weighted by Gasteiger charge is 2.45. The second-order valence-electron chi connectivity index (χ2n) is 8.74. The Morgan fingerprint density at radius 2 is 0.867 bits per heavy atom. The molecular formula is C22H30N2O2S4. The van der Waals surface area contributed by atoms with E-state index >= 15 is 0 Å². The van der Waals surface area contributed by atoms with Gasteiger partial charge in [-0.25, -0.2) is 0 Å². The van der Waals surface area contributed by atoms with E-state index in [1.165, 1.54) is 62.0 Å². The Labute approximate surface area is 198 Å². The normalized spacial score (nSPS) is 28.7. The summed E-state index contributed by atoms with van der Waals surface area (Å²) in [7, 11) is 0. The van der Waals surface area contributed by atoms with E-state index in [-0.39, 0.29) is 23.9 Å². The molecule has 2 aliphatic heterocycles. The molecule has 0 atom stereocenters. The van der Waals surface area contributed by atoms with Crippen LogP contribution < -0.4 is 0 Å². The molecule has 4 fully saturated rings. The van der Waals surface area contributed by atoms with Crippen LogP contribution in [0.15, 0.2) is 9.81 Å². The number of carbonyl (C=O) groups is 2. The molecule has 0 radical (unpaired) electrons. The predicted octanol–water partition coefficient (Wildman–Crippen LogP) is 6.14. The highest BCUT2D eigenvalue weighted by molar-refractivity contribution is 8.29. The van der Waals surface area contributed by atoms with E-state index in [1.54, 1.807) is 0 Å². The number of carbonyl (C=O) groups excluding carboxylic acids is 2. The van der Waals surface area contributed by atoms with Gasteiger partial charge in [-0.15, -0.1) is 0 Å². The lowest BCUT2D eigenvalue weighted by Gasteiger charge is -2.28. The van der Waals surface area contributed by atoms with Crippen LogP contribution in [0.25, 0.3) is 0 Å². The maximum Gasteiger partial charge on any atom is 0.267 e. The molecule has 0 bridgehead atoms. The lowest BCUT2D eigenvalue weighted by molar-refractivity contribution is -0.126. The van der Waals surface area contributed by atoms with Gasteiger partial charge in [0.2, 0.25) is 0 Å². The van der Waals surface area contributed by atoms with Gasteiger partial charge in [-0.1, -0.05) is 112 Å². The van der Waals surface area contributed by atoms with Crippen molar-refractivity contribution >= 4 is 68.4 Å². The third-order valence-corrected chi connectivity index (χ3v) is 9.62. The van der Waals surface area contributed by atoms with Crippen LogP contribution in [0, 0.1) is 0 Å². The number of thiocarbonyl (C=S) groups is 2. The van der Waals surface area contributed by atoms with Crippen molar-refractivity contribution in [3.05, 3.63) is 9.81 Å². The minimum atomic E-state index is -0.0752. The van der Waals surface area contributed by atoms with E-state index in [0.717, 1.165) is 51.4 Å². The maximum atomic E-state index is 13.4. The number of hydrogen-bond acceptors (Lipinski definition) is 6. The third-order valence-electron chi connectivity index (χ3n) is 6.68. The summed E-state index contributed by atoms with van der Waals surface area (Å²) in [6, 6.07) is 0.345. The summed E-state index contributed by atoms with van der Waals surface area (Å²) >= 11 is 13.8. The Kier molecular flexibility index (Phi) is 7.92. The molecule has 0 spiro atoms. The molecule has 2 heterocycles. The zero-order chi connectivity index (χ0) is 21.1. The lowest BCUT2D eigenvalue weighted by atomic mass is 9.95. The second-order valence-corrected chi connectivity index (χ2v) is 12.0. The Morgan fingerprint density at radius 1 is 0.567 bits per heavy atom. The van der Waals surface area contributed by atoms with Crippen molar-refractivity contribution in [1.29, 1.82) is 0 Å². The van der Waals surface area contributed by atoms with Gasteiger partial charge in [0.25, 0.3) is 11.8 Å². The van der Waals surface area contributed by atoms with E-state index < -0.39 is 0 Å². The van der Waals surface area contributed by atoms with E-state index in [0.29, 0.717) is 18.5 Å². The molecule has 2 saturated heterocycles. The molecule has 4 rings (SSSR count). The molecule has 0 aromatic carbocycles. The van der Waals surface area contributed by atoms with E-state index in [2.05, 4.69) is 0 Å². The summed E-state index contributed by atoms with van der Waals surface area (Å²) < 4.78 is 1.22. The average Bonchev–Trinajstić information content (AvgIpc) is 3.11. The van der Waals surface area contributed by atoms with Crippen molar-refractivity contribution in [2.75, 3.05) is 0 Å². The first kappa shape index (κ1) is 22.7. The zero-order valence-electron chi connectivity index (χ0n) is 17.4. The summed E-state index contributed by atoms with van der Waals surface area (Å²) in [4.78, 5) is 31.4. The Balaban J connectivity index is 1.54. The zero-order valence-corrected chi connectivity index (χ0v) is 20.7. The minimum Gasteiger partial charge on any atom is -0.290 e. The van der Waals surface area contributed by atoms with Gasteiger partial charge in [-0.05, 0) is 25.7 Å². The Morgan fingerprint density at radius 3 is 1.20 bits per heavy atom. The van der Waals surface area contributed by atoms with Crippen molar-refractivity contribution in [2.45, 2.75) is 102 Å². The monoisotopic (exact) mass is 482 g/mol. The number of hydrogen-bond donors (Lipinski definition) is 0. The topological polar surface area (TPSA) is 40.6 Å². The van der Waals surface area contributed by atoms with Crippen molar-refractivity contribution in [3.8, 4) is 0 Å². The van der Waals surface area contributed by atoms with E-state index in [9.17, 15) is 9.59 Å². The summed E-state index contributed by atoms with van der Waals surface area (Å²) in [6.07, 6.45) is 16.1. The first-order valence-electron chi connectivity index (χ1n) is 11.4. The fraction of sp³-hybridized carbons (Fsp3) is 0.727. The highest BCUT2D eigenvalue weighted by Crippen LogP contribution is 2.45. The van der Waals surface area contributed by atoms with E-state index in [4.69, 9.17) is 24.4 Å². The van der Waals surface area contributed by atoms with E-state index in [1.807, 2.05) is 9.80 Å². The molecule has 30 heavy (non-hydrogen) atoms. The molecule has 4 nitrogen and oxygen atoms in total. The largest absolute Gasteiger partial charge is 0.290 e.